The second-order valence-corrected chi connectivity index (χ2v) is 0.986. The number of nitrogens with two attached hydrogens (primary N) is 4. The van der Waals surface area contributed by atoms with Gasteiger partial charge in [-0.1, -0.05) is 0 Å². The first-order valence-electron chi connectivity index (χ1n) is 1.76. The van der Waals surface area contributed by atoms with Crippen molar-refractivity contribution < 1.29 is 5.48 Å². The smallest absolute Gasteiger partial charge is 0.243 e. The van der Waals surface area contributed by atoms with Crippen molar-refractivity contribution in [1.82, 2.24) is 10.7 Å². The molecule has 0 aliphatic carbocycles. The summed E-state index contributed by atoms with van der Waals surface area (Å²) in [5, 5.41) is 3.79. The van der Waals surface area contributed by atoms with E-state index in [1.54, 1.807) is 0 Å². The van der Waals surface area contributed by atoms with Crippen molar-refractivity contribution in [3.05, 3.63) is 0 Å². The van der Waals surface area contributed by atoms with Crippen LogP contribution in [0.1, 0.15) is 0 Å². The first-order valence-corrected chi connectivity index (χ1v) is 1.76. The fourth-order valence-electron chi connectivity index (χ4n) is 0.128. The van der Waals surface area contributed by atoms with Crippen molar-refractivity contribution in [1.29, 1.82) is 0 Å². The van der Waals surface area contributed by atoms with Gasteiger partial charge in [-0.3, -0.25) is 5.84 Å². The molecule has 0 aromatic rings. The van der Waals surface area contributed by atoms with Crippen LogP contribution >= 0.6 is 12.4 Å². The third-order valence-corrected chi connectivity index (χ3v) is 0.518. The largest absolute Gasteiger partial charge is 0.412 e. The SMILES string of the molecule is Cl.NN=C(N)N(N)NN.O. The summed E-state index contributed by atoms with van der Waals surface area (Å²) in [6.45, 7) is 0. The Bertz CT molecular complexity index is 93.6. The van der Waals surface area contributed by atoms with Crippen molar-refractivity contribution in [2.24, 2.45) is 28.4 Å². The van der Waals surface area contributed by atoms with Crippen molar-refractivity contribution in [2.45, 2.75) is 0 Å². The summed E-state index contributed by atoms with van der Waals surface area (Å²) < 4.78 is 0. The number of hydrogen-bond donors (Lipinski definition) is 5. The number of rotatable bonds is 1. The summed E-state index contributed by atoms with van der Waals surface area (Å²) in [5.74, 6) is 14.4. The van der Waals surface area contributed by atoms with Crippen LogP contribution in [0, 0.1) is 0 Å². The highest BCUT2D eigenvalue weighted by Crippen LogP contribution is 1.59. The number of hydrazone groups is 1. The van der Waals surface area contributed by atoms with Crippen LogP contribution in [0.3, 0.4) is 0 Å². The van der Waals surface area contributed by atoms with Crippen LogP contribution in [0.4, 0.5) is 0 Å². The van der Waals surface area contributed by atoms with E-state index < -0.39 is 0 Å². The fourth-order valence-corrected chi connectivity index (χ4v) is 0.128. The van der Waals surface area contributed by atoms with E-state index in [1.165, 1.54) is 0 Å². The van der Waals surface area contributed by atoms with E-state index in [0.717, 1.165) is 5.12 Å². The minimum atomic E-state index is -0.0903. The number of nitrogens with zero attached hydrogens (tertiary/aromatic N) is 2. The third-order valence-electron chi connectivity index (χ3n) is 0.518. The van der Waals surface area contributed by atoms with Gasteiger partial charge in [0.15, 0.2) is 0 Å². The summed E-state index contributed by atoms with van der Waals surface area (Å²) in [7, 11) is 0. The van der Waals surface area contributed by atoms with Gasteiger partial charge in [-0.15, -0.1) is 17.5 Å². The fraction of sp³-hybridized carbons (Fsp3) is 0. The van der Waals surface area contributed by atoms with Gasteiger partial charge in [-0.2, -0.15) is 10.7 Å². The summed E-state index contributed by atoms with van der Waals surface area (Å²) in [5.41, 5.74) is 7.00. The molecule has 0 atom stereocenters. The number of hydrogen-bond acceptors (Lipinski definition) is 5. The molecule has 0 bridgehead atoms. The zero-order chi connectivity index (χ0) is 6.57. The van der Waals surface area contributed by atoms with E-state index in [1.807, 2.05) is 5.53 Å². The lowest BCUT2D eigenvalue weighted by molar-refractivity contribution is 0.320. The van der Waals surface area contributed by atoms with Crippen LogP contribution in [0.25, 0.3) is 0 Å². The highest BCUT2D eigenvalue weighted by Gasteiger charge is 1.94. The van der Waals surface area contributed by atoms with Crippen molar-refractivity contribution in [3.63, 3.8) is 0 Å². The maximum atomic E-state index is 5.01. The molecule has 0 rings (SSSR count). The molecule has 0 spiro atoms. The van der Waals surface area contributed by atoms with Crippen molar-refractivity contribution >= 4 is 18.4 Å². The molecule has 0 aromatic carbocycles. The molecule has 0 aromatic heterocycles. The summed E-state index contributed by atoms with van der Waals surface area (Å²) in [6, 6.07) is 0. The Kier molecular flexibility index (Phi) is 13.2. The molecule has 0 amide bonds. The Morgan fingerprint density at radius 3 is 2.00 bits per heavy atom. The Morgan fingerprint density at radius 1 is 1.50 bits per heavy atom. The average Bonchev–Trinajstić information content (AvgIpc) is 1.84. The van der Waals surface area contributed by atoms with Crippen molar-refractivity contribution in [3.8, 4) is 0 Å². The maximum Gasteiger partial charge on any atom is 0.243 e. The predicted molar refractivity (Wildman–Crippen MR) is 40.0 cm³/mol. The zero-order valence-corrected chi connectivity index (χ0v) is 5.93. The molecule has 0 heterocycles. The van der Waals surface area contributed by atoms with E-state index in [0.29, 0.717) is 0 Å². The topological polar surface area (TPSA) is 163 Å². The van der Waals surface area contributed by atoms with Gasteiger partial charge in [0.25, 0.3) is 0 Å². The molecule has 9 heteroatoms. The monoisotopic (exact) mass is 173 g/mol. The summed E-state index contributed by atoms with van der Waals surface area (Å²) in [4.78, 5) is 0. The molecular weight excluding hydrogens is 162 g/mol. The molecule has 10 heavy (non-hydrogen) atoms. The molecule has 11 N–H and O–H groups in total. The van der Waals surface area contributed by atoms with Crippen LogP contribution in [-0.2, 0) is 0 Å². The lowest BCUT2D eigenvalue weighted by Crippen LogP contribution is -2.55. The second-order valence-electron chi connectivity index (χ2n) is 0.986. The van der Waals surface area contributed by atoms with Crippen molar-refractivity contribution in [2.75, 3.05) is 0 Å². The standard InChI is InChI=1S/CH9N7.ClH.H2O/c2-1(6-3)8(5)7-4;;/h7H,3-5H2,(H2,2,6);1H;1H2. The zero-order valence-electron chi connectivity index (χ0n) is 5.11. The van der Waals surface area contributed by atoms with Gasteiger partial charge in [0.1, 0.15) is 0 Å². The van der Waals surface area contributed by atoms with E-state index in [4.69, 9.17) is 23.3 Å². The molecule has 0 aliphatic heterocycles. The number of hydrazine groups is 3. The van der Waals surface area contributed by atoms with E-state index in [9.17, 15) is 0 Å². The lowest BCUT2D eigenvalue weighted by atomic mass is 11.0. The number of guanidine groups is 1. The molecule has 0 saturated carbocycles. The Balaban J connectivity index is -0.000000245. The van der Waals surface area contributed by atoms with E-state index in [2.05, 4.69) is 5.10 Å². The van der Waals surface area contributed by atoms with Gasteiger partial charge in [0.2, 0.25) is 5.96 Å². The minimum Gasteiger partial charge on any atom is -0.412 e. The predicted octanol–water partition coefficient (Wildman–Crippen LogP) is -3.67. The Morgan fingerprint density at radius 2 is 1.90 bits per heavy atom. The third kappa shape index (κ3) is 5.34. The van der Waals surface area contributed by atoms with Crippen LogP contribution in [0.15, 0.2) is 5.10 Å². The molecule has 0 radical (unpaired) electrons. The van der Waals surface area contributed by atoms with Gasteiger partial charge in [0, 0.05) is 0 Å². The normalized spacial score (nSPS) is 9.20. The van der Waals surface area contributed by atoms with Gasteiger partial charge < -0.3 is 17.1 Å². The number of nitrogens with one attached hydrogen (secondary N) is 1. The highest BCUT2D eigenvalue weighted by atomic mass is 35.5. The first kappa shape index (κ1) is 16.1. The number of halogens is 1. The average molecular weight is 174 g/mol. The molecular formula is CH12ClN7O. The summed E-state index contributed by atoms with van der Waals surface area (Å²) >= 11 is 0. The van der Waals surface area contributed by atoms with Gasteiger partial charge in [-0.05, 0) is 0 Å². The van der Waals surface area contributed by atoms with Gasteiger partial charge in [-0.25, -0.2) is 5.84 Å². The molecule has 0 saturated heterocycles. The van der Waals surface area contributed by atoms with Gasteiger partial charge >= 0.3 is 0 Å². The minimum absolute atomic E-state index is 0. The van der Waals surface area contributed by atoms with E-state index in [-0.39, 0.29) is 23.8 Å². The Labute approximate surface area is 63.8 Å². The van der Waals surface area contributed by atoms with Crippen LogP contribution < -0.4 is 28.8 Å². The maximum absolute atomic E-state index is 5.01. The lowest BCUT2D eigenvalue weighted by Gasteiger charge is -2.12. The van der Waals surface area contributed by atoms with Crippen LogP contribution in [-0.4, -0.2) is 16.6 Å². The molecule has 0 aliphatic rings. The van der Waals surface area contributed by atoms with E-state index >= 15 is 0 Å². The first-order chi connectivity index (χ1) is 3.72. The molecule has 64 valence electrons. The van der Waals surface area contributed by atoms with Crippen LogP contribution in [0.5, 0.6) is 0 Å². The summed E-state index contributed by atoms with van der Waals surface area (Å²) in [6.07, 6.45) is 0. The highest BCUT2D eigenvalue weighted by molar-refractivity contribution is 5.85. The molecule has 0 unspecified atom stereocenters. The Hall–Kier alpha value is -0.800. The molecule has 8 nitrogen and oxygen atoms in total. The second kappa shape index (κ2) is 8.20. The van der Waals surface area contributed by atoms with Crippen LogP contribution in [0.2, 0.25) is 0 Å². The van der Waals surface area contributed by atoms with Gasteiger partial charge in [0.05, 0.1) is 0 Å². The quantitative estimate of drug-likeness (QED) is 0.119. The molecule has 0 fully saturated rings.